The Morgan fingerprint density at radius 1 is 0.628 bits per heavy atom. The molecule has 5 nitrogen and oxygen atoms in total. The second kappa shape index (κ2) is 17.5. The van der Waals surface area contributed by atoms with Crippen molar-refractivity contribution >= 4 is 27.9 Å². The number of carbonyl (C=O) groups excluding carboxylic acids is 1. The largest absolute Gasteiger partial charge is 0.508 e. The molecule has 0 aliphatic heterocycles. The van der Waals surface area contributed by atoms with E-state index >= 15 is 0 Å². The van der Waals surface area contributed by atoms with Gasteiger partial charge in [-0.2, -0.15) is 0 Å². The molecule has 0 amide bonds. The standard InChI is InChI=1S/C38H48O5/c1-2-3-4-5-6-7-8-9-10-11-12-13-14-15-16-19-26-42-38(41)32-21-18-17-20-31(32)37-33-24-22-29(39)27-35(33)43-36-28-30(40)23-25-34(36)37/h17-18,20-25,27-28H,2-16,19,26H2,1H3,(H-,39,40)/p+1. The Morgan fingerprint density at radius 2 is 1.09 bits per heavy atom. The fourth-order valence-electron chi connectivity index (χ4n) is 5.93. The molecule has 1 heterocycles. The number of esters is 1. The summed E-state index contributed by atoms with van der Waals surface area (Å²) in [6, 6.07) is 17.3. The number of phenols is 2. The molecule has 3 aromatic carbocycles. The summed E-state index contributed by atoms with van der Waals surface area (Å²) in [6.07, 6.45) is 20.9. The van der Waals surface area contributed by atoms with Crippen LogP contribution < -0.4 is 0 Å². The van der Waals surface area contributed by atoms with Gasteiger partial charge in [0.25, 0.3) is 0 Å². The molecule has 0 bridgehead atoms. The van der Waals surface area contributed by atoms with E-state index in [-0.39, 0.29) is 17.5 Å². The molecule has 1 aromatic heterocycles. The van der Waals surface area contributed by atoms with Gasteiger partial charge in [-0.05, 0) is 42.3 Å². The van der Waals surface area contributed by atoms with Crippen molar-refractivity contribution in [2.45, 2.75) is 110 Å². The second-order valence-electron chi connectivity index (χ2n) is 11.8. The maximum Gasteiger partial charge on any atom is 0.365 e. The van der Waals surface area contributed by atoms with Gasteiger partial charge in [0.15, 0.2) is 0 Å². The number of carbonyl (C=O) groups is 1. The van der Waals surface area contributed by atoms with Crippen LogP contribution in [0, 0.1) is 0 Å². The van der Waals surface area contributed by atoms with Crippen LogP contribution in [0.1, 0.15) is 120 Å². The number of benzene rings is 3. The highest BCUT2D eigenvalue weighted by molar-refractivity contribution is 6.12. The molecule has 0 fully saturated rings. The zero-order valence-corrected chi connectivity index (χ0v) is 25.9. The number of ether oxygens (including phenoxy) is 1. The minimum atomic E-state index is -0.351. The van der Waals surface area contributed by atoms with Gasteiger partial charge in [-0.25, -0.2) is 9.21 Å². The Balaban J connectivity index is 1.22. The predicted octanol–water partition coefficient (Wildman–Crippen LogP) is 11.4. The van der Waals surface area contributed by atoms with Crippen molar-refractivity contribution in [2.75, 3.05) is 6.61 Å². The molecular weight excluding hydrogens is 536 g/mol. The first-order valence-corrected chi connectivity index (χ1v) is 16.6. The monoisotopic (exact) mass is 585 g/mol. The molecule has 2 N–H and O–H groups in total. The minimum Gasteiger partial charge on any atom is -0.508 e. The fraction of sp³-hybridized carbons (Fsp3) is 0.474. The van der Waals surface area contributed by atoms with E-state index in [4.69, 9.17) is 9.15 Å². The first kappa shape index (κ1) is 32.3. The van der Waals surface area contributed by atoms with Crippen molar-refractivity contribution in [3.05, 3.63) is 66.2 Å². The Labute approximate surface area is 256 Å². The van der Waals surface area contributed by atoms with Crippen LogP contribution in [0.3, 0.4) is 0 Å². The molecule has 0 saturated carbocycles. The summed E-state index contributed by atoms with van der Waals surface area (Å²) in [4.78, 5) is 13.3. The quantitative estimate of drug-likeness (QED) is 0.0495. The van der Waals surface area contributed by atoms with Crippen LogP contribution >= 0.6 is 0 Å². The van der Waals surface area contributed by atoms with E-state index in [0.29, 0.717) is 23.3 Å². The second-order valence-corrected chi connectivity index (χ2v) is 11.8. The molecule has 5 heteroatoms. The average Bonchev–Trinajstić information content (AvgIpc) is 3.01. The topological polar surface area (TPSA) is 78.1 Å². The summed E-state index contributed by atoms with van der Waals surface area (Å²) in [5.74, 6) is -0.197. The number of unbranched alkanes of at least 4 members (excludes halogenated alkanes) is 15. The van der Waals surface area contributed by atoms with Crippen molar-refractivity contribution < 1.29 is 24.2 Å². The van der Waals surface area contributed by atoms with Crippen LogP contribution in [-0.4, -0.2) is 22.8 Å². The van der Waals surface area contributed by atoms with E-state index in [1.54, 1.807) is 42.5 Å². The van der Waals surface area contributed by atoms with Gasteiger partial charge in [-0.3, -0.25) is 0 Å². The highest BCUT2D eigenvalue weighted by Crippen LogP contribution is 2.40. The van der Waals surface area contributed by atoms with E-state index in [1.165, 1.54) is 89.9 Å². The van der Waals surface area contributed by atoms with Crippen molar-refractivity contribution in [2.24, 2.45) is 0 Å². The Bertz CT molecular complexity index is 1380. The molecule has 230 valence electrons. The summed E-state index contributed by atoms with van der Waals surface area (Å²) >= 11 is 0. The Kier molecular flexibility index (Phi) is 13.2. The number of phenolic OH excluding ortho intramolecular Hbond substituents is 2. The van der Waals surface area contributed by atoms with E-state index in [1.807, 2.05) is 18.2 Å². The molecule has 0 radical (unpaired) electrons. The Hall–Kier alpha value is -3.60. The number of hydrogen-bond donors (Lipinski definition) is 2. The van der Waals surface area contributed by atoms with Gasteiger partial charge in [0.05, 0.1) is 35.1 Å². The van der Waals surface area contributed by atoms with Crippen LogP contribution in [-0.2, 0) is 4.74 Å². The van der Waals surface area contributed by atoms with Crippen LogP contribution in [0.5, 0.6) is 11.5 Å². The van der Waals surface area contributed by atoms with Crippen molar-refractivity contribution in [3.8, 4) is 22.6 Å². The molecule has 0 saturated heterocycles. The van der Waals surface area contributed by atoms with Gasteiger partial charge in [0, 0.05) is 5.56 Å². The highest BCUT2D eigenvalue weighted by Gasteiger charge is 2.24. The average molecular weight is 586 g/mol. The first-order valence-electron chi connectivity index (χ1n) is 16.6. The molecule has 0 aliphatic carbocycles. The lowest BCUT2D eigenvalue weighted by molar-refractivity contribution is 0.0498. The highest BCUT2D eigenvalue weighted by atomic mass is 16.5. The van der Waals surface area contributed by atoms with Crippen LogP contribution in [0.25, 0.3) is 33.1 Å². The van der Waals surface area contributed by atoms with Gasteiger partial charge in [0.1, 0.15) is 11.5 Å². The van der Waals surface area contributed by atoms with E-state index in [9.17, 15) is 15.0 Å². The van der Waals surface area contributed by atoms with Gasteiger partial charge in [-0.1, -0.05) is 121 Å². The Morgan fingerprint density at radius 3 is 1.60 bits per heavy atom. The van der Waals surface area contributed by atoms with E-state index < -0.39 is 0 Å². The zero-order chi connectivity index (χ0) is 30.3. The summed E-state index contributed by atoms with van der Waals surface area (Å²) in [6.45, 7) is 2.68. The SMILES string of the molecule is CCCCCCCCCCCCCCCCCCOC(=O)c1ccccc1-c1c2ccc(O)cc2[o+]c2cc(O)ccc12. The maximum absolute atomic E-state index is 13.3. The summed E-state index contributed by atoms with van der Waals surface area (Å²) in [5, 5.41) is 21.6. The van der Waals surface area contributed by atoms with Gasteiger partial charge >= 0.3 is 17.1 Å². The smallest absolute Gasteiger partial charge is 0.365 e. The third-order valence-electron chi connectivity index (χ3n) is 8.34. The molecule has 43 heavy (non-hydrogen) atoms. The normalized spacial score (nSPS) is 11.4. The fourth-order valence-corrected chi connectivity index (χ4v) is 5.93. The molecule has 0 unspecified atom stereocenters. The molecule has 0 spiro atoms. The number of fused-ring (bicyclic) bond motifs is 2. The van der Waals surface area contributed by atoms with Crippen LogP contribution in [0.2, 0.25) is 0 Å². The third kappa shape index (κ3) is 9.71. The lowest BCUT2D eigenvalue weighted by Crippen LogP contribution is -2.08. The maximum atomic E-state index is 13.3. The lowest BCUT2D eigenvalue weighted by atomic mass is 9.93. The number of rotatable bonds is 19. The summed E-state index contributed by atoms with van der Waals surface area (Å²) < 4.78 is 11.7. The molecule has 0 aliphatic rings. The van der Waals surface area contributed by atoms with Gasteiger partial charge in [0.2, 0.25) is 0 Å². The zero-order valence-electron chi connectivity index (χ0n) is 25.9. The van der Waals surface area contributed by atoms with Crippen LogP contribution in [0.15, 0.2) is 65.1 Å². The van der Waals surface area contributed by atoms with Gasteiger partial charge in [-0.15, -0.1) is 0 Å². The van der Waals surface area contributed by atoms with Crippen molar-refractivity contribution in [3.63, 3.8) is 0 Å². The third-order valence-corrected chi connectivity index (χ3v) is 8.34. The van der Waals surface area contributed by atoms with E-state index in [0.717, 1.165) is 34.7 Å². The minimum absolute atomic E-state index is 0.0770. The lowest BCUT2D eigenvalue weighted by Gasteiger charge is -2.12. The summed E-state index contributed by atoms with van der Waals surface area (Å²) in [7, 11) is 0. The molecular formula is C38H49O5+. The van der Waals surface area contributed by atoms with Gasteiger partial charge < -0.3 is 14.9 Å². The number of hydrogen-bond acceptors (Lipinski definition) is 4. The molecule has 4 rings (SSSR count). The molecule has 0 atom stereocenters. The van der Waals surface area contributed by atoms with Crippen molar-refractivity contribution in [1.29, 1.82) is 0 Å². The van der Waals surface area contributed by atoms with Crippen LogP contribution in [0.4, 0.5) is 0 Å². The van der Waals surface area contributed by atoms with E-state index in [2.05, 4.69) is 6.92 Å². The van der Waals surface area contributed by atoms with Crippen molar-refractivity contribution in [1.82, 2.24) is 0 Å². The molecule has 4 aromatic rings. The first-order chi connectivity index (χ1) is 21.1. The summed E-state index contributed by atoms with van der Waals surface area (Å²) in [5.41, 5.74) is 2.93. The predicted molar refractivity (Wildman–Crippen MR) is 177 cm³/mol. The number of aromatic hydroxyl groups is 2.